The Morgan fingerprint density at radius 1 is 0.800 bits per heavy atom. The number of amides is 3. The second kappa shape index (κ2) is 13.1. The third-order valence-corrected chi connectivity index (χ3v) is 3.82. The number of carbonyl (C=O) groups is 6. The van der Waals surface area contributed by atoms with Gasteiger partial charge in [0.1, 0.15) is 18.1 Å². The quantitative estimate of drug-likeness (QED) is 0.158. The van der Waals surface area contributed by atoms with E-state index in [4.69, 9.17) is 21.1 Å². The minimum absolute atomic E-state index is 0.0305. The van der Waals surface area contributed by atoms with Gasteiger partial charge in [-0.3, -0.25) is 24.0 Å². The second-order valence-electron chi connectivity index (χ2n) is 6.94. The lowest BCUT2D eigenvalue weighted by atomic mass is 10.0. The third kappa shape index (κ3) is 10.9. The van der Waals surface area contributed by atoms with E-state index < -0.39 is 66.6 Å². The fraction of sp³-hybridized carbons (Fsp3) is 0.647. The normalized spacial score (nSPS) is 13.6. The van der Waals surface area contributed by atoms with Crippen LogP contribution in [0.15, 0.2) is 0 Å². The molecule has 8 N–H and O–H groups in total. The maximum absolute atomic E-state index is 12.6. The molecule has 0 aromatic heterocycles. The van der Waals surface area contributed by atoms with Crippen LogP contribution in [0.25, 0.3) is 0 Å². The molecule has 0 radical (unpaired) electrons. The fourth-order valence-corrected chi connectivity index (χ4v) is 2.41. The van der Waals surface area contributed by atoms with E-state index in [1.54, 1.807) is 13.8 Å². The van der Waals surface area contributed by atoms with Gasteiger partial charge in [0, 0.05) is 6.42 Å². The Balaban J connectivity index is 5.45. The lowest BCUT2D eigenvalue weighted by molar-refractivity contribution is -0.147. The van der Waals surface area contributed by atoms with Crippen LogP contribution in [0, 0.1) is 5.92 Å². The van der Waals surface area contributed by atoms with Gasteiger partial charge in [0.05, 0.1) is 13.0 Å². The van der Waals surface area contributed by atoms with E-state index >= 15 is 0 Å². The van der Waals surface area contributed by atoms with Crippen LogP contribution in [0.3, 0.4) is 0 Å². The Labute approximate surface area is 172 Å². The van der Waals surface area contributed by atoms with E-state index in [1.165, 1.54) is 0 Å². The summed E-state index contributed by atoms with van der Waals surface area (Å²) in [7, 11) is 0. The maximum atomic E-state index is 12.6. The Hall–Kier alpha value is -3.22. The number of aliphatic carboxylic acids is 3. The van der Waals surface area contributed by atoms with Crippen molar-refractivity contribution in [2.75, 3.05) is 6.54 Å². The van der Waals surface area contributed by atoms with E-state index in [0.717, 1.165) is 0 Å². The molecule has 30 heavy (non-hydrogen) atoms. The van der Waals surface area contributed by atoms with E-state index in [1.807, 2.05) is 5.32 Å². The van der Waals surface area contributed by atoms with E-state index in [9.17, 15) is 28.8 Å². The lowest BCUT2D eigenvalue weighted by Gasteiger charge is -2.24. The molecule has 0 aliphatic heterocycles. The molecule has 0 spiro atoms. The molecule has 0 bridgehead atoms. The highest BCUT2D eigenvalue weighted by Crippen LogP contribution is 2.07. The molecule has 3 atom stereocenters. The molecule has 0 saturated carbocycles. The molecule has 0 aliphatic rings. The van der Waals surface area contributed by atoms with Gasteiger partial charge in [0.15, 0.2) is 0 Å². The van der Waals surface area contributed by atoms with Crippen LogP contribution in [0.4, 0.5) is 0 Å². The molecule has 170 valence electrons. The van der Waals surface area contributed by atoms with Crippen molar-refractivity contribution < 1.29 is 44.1 Å². The molecule has 13 heteroatoms. The molecular weight excluding hydrogens is 404 g/mol. The van der Waals surface area contributed by atoms with E-state index in [-0.39, 0.29) is 25.3 Å². The average molecular weight is 432 g/mol. The zero-order valence-electron chi connectivity index (χ0n) is 16.7. The Morgan fingerprint density at radius 2 is 1.33 bits per heavy atom. The van der Waals surface area contributed by atoms with Gasteiger partial charge in [-0.2, -0.15) is 0 Å². The number of nitrogens with one attached hydrogen (secondary N) is 3. The Morgan fingerprint density at radius 3 is 1.77 bits per heavy atom. The summed E-state index contributed by atoms with van der Waals surface area (Å²) in [6.45, 7) is 3.19. The molecule has 13 nitrogen and oxygen atoms in total. The number of hydrogen-bond acceptors (Lipinski definition) is 7. The number of rotatable bonds is 14. The largest absolute Gasteiger partial charge is 0.481 e. The van der Waals surface area contributed by atoms with Gasteiger partial charge in [-0.15, -0.1) is 0 Å². The molecule has 0 aliphatic carbocycles. The van der Waals surface area contributed by atoms with Crippen LogP contribution in [0.1, 0.15) is 39.5 Å². The highest BCUT2D eigenvalue weighted by atomic mass is 16.4. The maximum Gasteiger partial charge on any atom is 0.326 e. The molecule has 0 rings (SSSR count). The second-order valence-corrected chi connectivity index (χ2v) is 6.94. The first-order valence-corrected chi connectivity index (χ1v) is 9.13. The summed E-state index contributed by atoms with van der Waals surface area (Å²) < 4.78 is 0. The summed E-state index contributed by atoms with van der Waals surface area (Å²) >= 11 is 0. The van der Waals surface area contributed by atoms with Crippen LogP contribution in [-0.4, -0.2) is 75.6 Å². The number of carbonyl (C=O) groups excluding carboxylic acids is 3. The van der Waals surface area contributed by atoms with Crippen LogP contribution in [-0.2, 0) is 28.8 Å². The third-order valence-electron chi connectivity index (χ3n) is 3.82. The molecule has 0 fully saturated rings. The average Bonchev–Trinajstić information content (AvgIpc) is 2.62. The number of carboxylic acid groups (broad SMARTS) is 3. The van der Waals surface area contributed by atoms with Crippen molar-refractivity contribution in [1.29, 1.82) is 0 Å². The Kier molecular flexibility index (Phi) is 11.7. The predicted molar refractivity (Wildman–Crippen MR) is 101 cm³/mol. The monoisotopic (exact) mass is 432 g/mol. The fourth-order valence-electron chi connectivity index (χ4n) is 2.41. The number of carboxylic acids is 3. The standard InChI is InChI=1S/C17H28N4O9/c1-8(2)5-10(19-12(22)7-18)16(28)20-9(3-4-13(23)24)15(27)21-11(17(29)30)6-14(25)26/h8-11H,3-7,18H2,1-2H3,(H,19,22)(H,20,28)(H,21,27)(H,23,24)(H,25,26)(H,29,30). The van der Waals surface area contributed by atoms with Gasteiger partial charge in [-0.1, -0.05) is 13.8 Å². The lowest BCUT2D eigenvalue weighted by Crippen LogP contribution is -2.56. The zero-order chi connectivity index (χ0) is 23.4. The van der Waals surface area contributed by atoms with Gasteiger partial charge in [0.25, 0.3) is 0 Å². The molecule has 0 heterocycles. The first-order valence-electron chi connectivity index (χ1n) is 9.13. The summed E-state index contributed by atoms with van der Waals surface area (Å²) in [5.41, 5.74) is 5.23. The smallest absolute Gasteiger partial charge is 0.326 e. The summed E-state index contributed by atoms with van der Waals surface area (Å²) in [6, 6.07) is -4.30. The topological polar surface area (TPSA) is 225 Å². The van der Waals surface area contributed by atoms with Gasteiger partial charge >= 0.3 is 17.9 Å². The van der Waals surface area contributed by atoms with Crippen molar-refractivity contribution >= 4 is 35.6 Å². The highest BCUT2D eigenvalue weighted by molar-refractivity contribution is 5.94. The van der Waals surface area contributed by atoms with Gasteiger partial charge < -0.3 is 37.0 Å². The summed E-state index contributed by atoms with van der Waals surface area (Å²) in [6.07, 6.45) is -1.63. The molecule has 3 unspecified atom stereocenters. The number of nitrogens with two attached hydrogens (primary N) is 1. The predicted octanol–water partition coefficient (Wildman–Crippen LogP) is -2.13. The van der Waals surface area contributed by atoms with Crippen LogP contribution >= 0.6 is 0 Å². The van der Waals surface area contributed by atoms with Gasteiger partial charge in [0.2, 0.25) is 17.7 Å². The van der Waals surface area contributed by atoms with Crippen molar-refractivity contribution in [3.63, 3.8) is 0 Å². The first kappa shape index (κ1) is 26.8. The first-order chi connectivity index (χ1) is 13.9. The van der Waals surface area contributed by atoms with Gasteiger partial charge in [-0.05, 0) is 18.8 Å². The van der Waals surface area contributed by atoms with E-state index in [2.05, 4.69) is 10.6 Å². The highest BCUT2D eigenvalue weighted by Gasteiger charge is 2.31. The molecule has 0 saturated heterocycles. The van der Waals surface area contributed by atoms with Crippen LogP contribution < -0.4 is 21.7 Å². The minimum Gasteiger partial charge on any atom is -0.481 e. The van der Waals surface area contributed by atoms with Crippen LogP contribution in [0.5, 0.6) is 0 Å². The van der Waals surface area contributed by atoms with Crippen molar-refractivity contribution in [3.8, 4) is 0 Å². The van der Waals surface area contributed by atoms with Crippen molar-refractivity contribution in [2.24, 2.45) is 11.7 Å². The van der Waals surface area contributed by atoms with Crippen molar-refractivity contribution in [1.82, 2.24) is 16.0 Å². The Bertz CT molecular complexity index is 666. The molecular formula is C17H28N4O9. The van der Waals surface area contributed by atoms with Crippen LogP contribution in [0.2, 0.25) is 0 Å². The molecule has 0 aromatic rings. The molecule has 0 aromatic carbocycles. The van der Waals surface area contributed by atoms with Crippen molar-refractivity contribution in [2.45, 2.75) is 57.7 Å². The summed E-state index contributed by atoms with van der Waals surface area (Å²) in [5, 5.41) is 33.3. The van der Waals surface area contributed by atoms with Gasteiger partial charge in [-0.25, -0.2) is 4.79 Å². The SMILES string of the molecule is CC(C)CC(NC(=O)CN)C(=O)NC(CCC(=O)O)C(=O)NC(CC(=O)O)C(=O)O. The summed E-state index contributed by atoms with van der Waals surface area (Å²) in [4.78, 5) is 69.4. The van der Waals surface area contributed by atoms with Crippen molar-refractivity contribution in [3.05, 3.63) is 0 Å². The minimum atomic E-state index is -1.78. The number of hydrogen-bond donors (Lipinski definition) is 7. The van der Waals surface area contributed by atoms with E-state index in [0.29, 0.717) is 0 Å². The molecule has 3 amide bonds. The summed E-state index contributed by atoms with van der Waals surface area (Å²) in [5.74, 6) is -6.85. The zero-order valence-corrected chi connectivity index (χ0v) is 16.7.